The van der Waals surface area contributed by atoms with Gasteiger partial charge in [0.1, 0.15) is 6.54 Å². The lowest BCUT2D eigenvalue weighted by atomic mass is 10.2. The van der Waals surface area contributed by atoms with Crippen LogP contribution in [0.15, 0.2) is 48.5 Å². The maximum atomic E-state index is 11.5. The van der Waals surface area contributed by atoms with Crippen LogP contribution in [0.1, 0.15) is 18.3 Å². The van der Waals surface area contributed by atoms with Crippen LogP contribution in [0, 0.1) is 34.1 Å². The van der Waals surface area contributed by atoms with Crippen LogP contribution in [0.2, 0.25) is 0 Å². The first kappa shape index (κ1) is 22.5. The fraction of sp³-hybridized carbons (Fsp3) is 0.227. The number of nitrogens with zero attached hydrogens (tertiary/aromatic N) is 3. The third kappa shape index (κ3) is 4.91. The molecule has 2 aromatic heterocycles. The molecule has 0 saturated carbocycles. The summed E-state index contributed by atoms with van der Waals surface area (Å²) in [7, 11) is 0. The molecule has 1 N–H and O–H groups in total. The van der Waals surface area contributed by atoms with E-state index < -0.39 is 4.92 Å². The van der Waals surface area contributed by atoms with Crippen molar-refractivity contribution in [1.29, 1.82) is 0 Å². The van der Waals surface area contributed by atoms with Gasteiger partial charge in [-0.3, -0.25) is 25.0 Å². The number of nitro benzene ring substituents is 2. The Labute approximate surface area is 182 Å². The third-order valence-corrected chi connectivity index (χ3v) is 4.85. The number of carbonyl (C=O) groups is 1. The van der Waals surface area contributed by atoms with Crippen LogP contribution in [-0.4, -0.2) is 32.0 Å². The van der Waals surface area contributed by atoms with Crippen molar-refractivity contribution in [3.05, 3.63) is 80.1 Å². The second kappa shape index (κ2) is 9.29. The Bertz CT molecular complexity index is 1320. The SMILES string of the molecule is CCOC(=O)Cn1c(C)cc2cc([N+](=O)[O-])ccc21.Cc1cc2cc([N+](=O)[O-])ccc2[nH]1. The van der Waals surface area contributed by atoms with Crippen molar-refractivity contribution in [1.82, 2.24) is 9.55 Å². The Morgan fingerprint density at radius 2 is 1.59 bits per heavy atom. The molecule has 32 heavy (non-hydrogen) atoms. The van der Waals surface area contributed by atoms with Gasteiger partial charge in [0.15, 0.2) is 0 Å². The second-order valence-corrected chi connectivity index (χ2v) is 7.16. The number of hydrogen-bond acceptors (Lipinski definition) is 6. The highest BCUT2D eigenvalue weighted by molar-refractivity contribution is 5.85. The summed E-state index contributed by atoms with van der Waals surface area (Å²) in [6.07, 6.45) is 0. The number of rotatable bonds is 5. The number of nitro groups is 2. The number of ether oxygens (including phenoxy) is 1. The minimum Gasteiger partial charge on any atom is -0.465 e. The molecule has 0 bridgehead atoms. The number of non-ortho nitro benzene ring substituents is 2. The van der Waals surface area contributed by atoms with Crippen LogP contribution in [0.5, 0.6) is 0 Å². The molecule has 0 aliphatic carbocycles. The molecule has 0 saturated heterocycles. The van der Waals surface area contributed by atoms with Crippen LogP contribution < -0.4 is 0 Å². The van der Waals surface area contributed by atoms with E-state index in [-0.39, 0.29) is 28.8 Å². The lowest BCUT2D eigenvalue weighted by Gasteiger charge is -2.07. The van der Waals surface area contributed by atoms with Crippen molar-refractivity contribution >= 4 is 39.1 Å². The lowest BCUT2D eigenvalue weighted by Crippen LogP contribution is -2.14. The molecule has 0 aliphatic rings. The first-order valence-electron chi connectivity index (χ1n) is 9.83. The maximum absolute atomic E-state index is 11.5. The van der Waals surface area contributed by atoms with Crippen molar-refractivity contribution in [3.63, 3.8) is 0 Å². The number of carbonyl (C=O) groups excluding carboxylic acids is 1. The number of aromatic amines is 1. The van der Waals surface area contributed by atoms with Crippen molar-refractivity contribution in [2.75, 3.05) is 6.61 Å². The predicted molar refractivity (Wildman–Crippen MR) is 120 cm³/mol. The van der Waals surface area contributed by atoms with E-state index >= 15 is 0 Å². The lowest BCUT2D eigenvalue weighted by molar-refractivity contribution is -0.384. The van der Waals surface area contributed by atoms with Gasteiger partial charge in [0.25, 0.3) is 11.4 Å². The van der Waals surface area contributed by atoms with E-state index in [1.54, 1.807) is 29.7 Å². The van der Waals surface area contributed by atoms with Gasteiger partial charge in [-0.2, -0.15) is 0 Å². The minimum absolute atomic E-state index is 0.0424. The Morgan fingerprint density at radius 1 is 0.969 bits per heavy atom. The van der Waals surface area contributed by atoms with E-state index in [9.17, 15) is 25.0 Å². The molecular formula is C22H22N4O6. The predicted octanol–water partition coefficient (Wildman–Crippen LogP) is 4.81. The number of H-pyrrole nitrogens is 1. The van der Waals surface area contributed by atoms with Crippen LogP contribution in [-0.2, 0) is 16.1 Å². The molecule has 4 aromatic rings. The Balaban J connectivity index is 0.000000193. The normalized spacial score (nSPS) is 10.6. The molecule has 0 amide bonds. The molecule has 0 spiro atoms. The van der Waals surface area contributed by atoms with E-state index in [0.29, 0.717) is 6.61 Å². The van der Waals surface area contributed by atoms with E-state index in [1.165, 1.54) is 18.2 Å². The molecule has 0 atom stereocenters. The third-order valence-electron chi connectivity index (χ3n) is 4.85. The topological polar surface area (TPSA) is 133 Å². The molecule has 0 fully saturated rings. The summed E-state index contributed by atoms with van der Waals surface area (Å²) in [6.45, 7) is 5.97. The Kier molecular flexibility index (Phi) is 6.53. The fourth-order valence-electron chi connectivity index (χ4n) is 3.43. The van der Waals surface area contributed by atoms with Crippen molar-refractivity contribution in [3.8, 4) is 0 Å². The zero-order valence-electron chi connectivity index (χ0n) is 17.8. The summed E-state index contributed by atoms with van der Waals surface area (Å²) >= 11 is 0. The maximum Gasteiger partial charge on any atom is 0.325 e. The summed E-state index contributed by atoms with van der Waals surface area (Å²) in [6, 6.07) is 13.1. The van der Waals surface area contributed by atoms with Crippen molar-refractivity contribution < 1.29 is 19.4 Å². The molecule has 2 heterocycles. The van der Waals surface area contributed by atoms with E-state index in [0.717, 1.165) is 33.2 Å². The molecule has 2 aromatic carbocycles. The van der Waals surface area contributed by atoms with Crippen molar-refractivity contribution in [2.45, 2.75) is 27.3 Å². The average Bonchev–Trinajstić information content (AvgIpc) is 3.26. The number of esters is 1. The highest BCUT2D eigenvalue weighted by atomic mass is 16.6. The largest absolute Gasteiger partial charge is 0.465 e. The average molecular weight is 438 g/mol. The zero-order valence-corrected chi connectivity index (χ0v) is 17.8. The highest BCUT2D eigenvalue weighted by Crippen LogP contribution is 2.24. The zero-order chi connectivity index (χ0) is 23.4. The standard InChI is InChI=1S/C13H14N2O4.C9H8N2O2/c1-3-19-13(16)8-14-9(2)6-10-7-11(15(17)18)4-5-12(10)14;1-6-4-7-5-8(11(12)13)2-3-9(7)10-6/h4-7H,3,8H2,1-2H3;2-5,10H,1H3. The highest BCUT2D eigenvalue weighted by Gasteiger charge is 2.13. The van der Waals surface area contributed by atoms with E-state index in [1.807, 2.05) is 26.0 Å². The number of aryl methyl sites for hydroxylation is 2. The molecule has 0 radical (unpaired) electrons. The van der Waals surface area contributed by atoms with Gasteiger partial charge < -0.3 is 14.3 Å². The number of nitrogens with one attached hydrogen (secondary N) is 1. The summed E-state index contributed by atoms with van der Waals surface area (Å²) < 4.78 is 6.70. The fourth-order valence-corrected chi connectivity index (χ4v) is 3.43. The summed E-state index contributed by atoms with van der Waals surface area (Å²) in [5.41, 5.74) is 3.77. The van der Waals surface area contributed by atoms with Crippen molar-refractivity contribution in [2.24, 2.45) is 0 Å². The summed E-state index contributed by atoms with van der Waals surface area (Å²) in [5, 5.41) is 22.8. The van der Waals surface area contributed by atoms with Gasteiger partial charge in [-0.05, 0) is 45.0 Å². The molecule has 0 aliphatic heterocycles. The van der Waals surface area contributed by atoms with Gasteiger partial charge in [-0.15, -0.1) is 0 Å². The van der Waals surface area contributed by atoms with E-state index in [4.69, 9.17) is 4.74 Å². The smallest absolute Gasteiger partial charge is 0.325 e. The number of benzene rings is 2. The monoisotopic (exact) mass is 438 g/mol. The molecular weight excluding hydrogens is 416 g/mol. The number of fused-ring (bicyclic) bond motifs is 2. The van der Waals surface area contributed by atoms with Crippen LogP contribution in [0.25, 0.3) is 21.8 Å². The minimum atomic E-state index is -0.433. The van der Waals surface area contributed by atoms with Crippen LogP contribution in [0.4, 0.5) is 11.4 Å². The molecule has 10 heteroatoms. The van der Waals surface area contributed by atoms with Gasteiger partial charge in [0, 0.05) is 57.5 Å². The number of hydrogen-bond donors (Lipinski definition) is 1. The Morgan fingerprint density at radius 3 is 2.22 bits per heavy atom. The quantitative estimate of drug-likeness (QED) is 0.270. The molecule has 4 rings (SSSR count). The van der Waals surface area contributed by atoms with E-state index in [2.05, 4.69) is 4.98 Å². The number of aromatic nitrogens is 2. The van der Waals surface area contributed by atoms with Gasteiger partial charge in [0.2, 0.25) is 0 Å². The van der Waals surface area contributed by atoms with Gasteiger partial charge >= 0.3 is 5.97 Å². The van der Waals surface area contributed by atoms with Gasteiger partial charge in [-0.25, -0.2) is 0 Å². The Hall–Kier alpha value is -4.21. The van der Waals surface area contributed by atoms with Crippen LogP contribution in [0.3, 0.4) is 0 Å². The molecule has 0 unspecified atom stereocenters. The molecule has 166 valence electrons. The summed E-state index contributed by atoms with van der Waals surface area (Å²) in [5.74, 6) is -0.318. The molecule has 10 nitrogen and oxygen atoms in total. The van der Waals surface area contributed by atoms with Gasteiger partial charge in [-0.1, -0.05) is 0 Å². The van der Waals surface area contributed by atoms with Crippen LogP contribution >= 0.6 is 0 Å². The first-order valence-corrected chi connectivity index (χ1v) is 9.83. The van der Waals surface area contributed by atoms with Gasteiger partial charge in [0.05, 0.1) is 16.5 Å². The first-order chi connectivity index (χ1) is 15.2. The second-order valence-electron chi connectivity index (χ2n) is 7.16. The summed E-state index contributed by atoms with van der Waals surface area (Å²) in [4.78, 5) is 35.0.